The summed E-state index contributed by atoms with van der Waals surface area (Å²) in [5, 5.41) is 3.14. The Bertz CT molecular complexity index is 537. The Balaban J connectivity index is 2.85. The van der Waals surface area contributed by atoms with Crippen LogP contribution in [0.15, 0.2) is 24.3 Å². The van der Waals surface area contributed by atoms with Crippen LogP contribution in [0.1, 0.15) is 20.3 Å². The van der Waals surface area contributed by atoms with Crippen LogP contribution in [0.5, 0.6) is 0 Å². The highest BCUT2D eigenvalue weighted by Crippen LogP contribution is 2.22. The van der Waals surface area contributed by atoms with Gasteiger partial charge in [-0.3, -0.25) is 4.31 Å². The first-order chi connectivity index (χ1) is 9.95. The maximum absolute atomic E-state index is 13.8. The maximum Gasteiger partial charge on any atom is 0.303 e. The molecule has 1 N–H and O–H groups in total. The quantitative estimate of drug-likeness (QED) is 0.707. The highest BCUT2D eigenvalue weighted by molar-refractivity contribution is 7.90. The van der Waals surface area contributed by atoms with Gasteiger partial charge in [-0.2, -0.15) is 12.7 Å². The molecule has 0 heterocycles. The van der Waals surface area contributed by atoms with Crippen molar-refractivity contribution in [3.63, 3.8) is 0 Å². The standard InChI is InChI=1S/C14H24FN3O2S/c1-4-16-11-8-12-17(3)21(19,20)18(5-2)14-10-7-6-9-13(14)15/h6-7,9-10,16H,4-5,8,11-12H2,1-3H3. The van der Waals surface area contributed by atoms with Crippen molar-refractivity contribution in [2.45, 2.75) is 20.3 Å². The third kappa shape index (κ3) is 4.66. The molecule has 0 aliphatic rings. The monoisotopic (exact) mass is 317 g/mol. The molecule has 0 fully saturated rings. The number of para-hydroxylation sites is 1. The molecular weight excluding hydrogens is 293 g/mol. The summed E-state index contributed by atoms with van der Waals surface area (Å²) < 4.78 is 41.3. The highest BCUT2D eigenvalue weighted by atomic mass is 32.2. The van der Waals surface area contributed by atoms with E-state index < -0.39 is 16.0 Å². The first kappa shape index (κ1) is 17.9. The van der Waals surface area contributed by atoms with Crippen molar-refractivity contribution in [3.8, 4) is 0 Å². The molecule has 7 heteroatoms. The van der Waals surface area contributed by atoms with Crippen LogP contribution in [-0.4, -0.2) is 45.9 Å². The summed E-state index contributed by atoms with van der Waals surface area (Å²) in [6.07, 6.45) is 0.707. The van der Waals surface area contributed by atoms with Gasteiger partial charge in [0.05, 0.1) is 5.69 Å². The zero-order chi connectivity index (χ0) is 15.9. The Morgan fingerprint density at radius 1 is 1.24 bits per heavy atom. The Labute approximate surface area is 126 Å². The van der Waals surface area contributed by atoms with Crippen molar-refractivity contribution in [1.29, 1.82) is 0 Å². The Morgan fingerprint density at radius 2 is 1.90 bits per heavy atom. The van der Waals surface area contributed by atoms with E-state index in [1.54, 1.807) is 19.1 Å². The molecule has 0 unspecified atom stereocenters. The van der Waals surface area contributed by atoms with Crippen LogP contribution in [0.3, 0.4) is 0 Å². The molecule has 1 aromatic carbocycles. The Kier molecular flexibility index (Phi) is 7.07. The first-order valence-corrected chi connectivity index (χ1v) is 8.54. The molecular formula is C14H24FN3O2S. The summed E-state index contributed by atoms with van der Waals surface area (Å²) in [5.41, 5.74) is 0.0820. The van der Waals surface area contributed by atoms with Gasteiger partial charge in [-0.15, -0.1) is 0 Å². The molecule has 21 heavy (non-hydrogen) atoms. The maximum atomic E-state index is 13.8. The third-order valence-electron chi connectivity index (χ3n) is 3.16. The second-order valence-electron chi connectivity index (χ2n) is 4.65. The number of nitrogens with one attached hydrogen (secondary N) is 1. The molecule has 0 atom stereocenters. The number of benzene rings is 1. The number of hydrogen-bond acceptors (Lipinski definition) is 3. The largest absolute Gasteiger partial charge is 0.317 e. The molecule has 120 valence electrons. The molecule has 0 radical (unpaired) electrons. The van der Waals surface area contributed by atoms with Crippen LogP contribution in [0.25, 0.3) is 0 Å². The van der Waals surface area contributed by atoms with Gasteiger partial charge in [0.2, 0.25) is 0 Å². The lowest BCUT2D eigenvalue weighted by molar-refractivity contribution is 0.452. The minimum Gasteiger partial charge on any atom is -0.317 e. The first-order valence-electron chi connectivity index (χ1n) is 7.14. The summed E-state index contributed by atoms with van der Waals surface area (Å²) in [6, 6.07) is 5.91. The van der Waals surface area contributed by atoms with Gasteiger partial charge in [-0.1, -0.05) is 19.1 Å². The lowest BCUT2D eigenvalue weighted by atomic mass is 10.3. The molecule has 0 spiro atoms. The van der Waals surface area contributed by atoms with E-state index in [9.17, 15) is 12.8 Å². The molecule has 0 aromatic heterocycles. The lowest BCUT2D eigenvalue weighted by Gasteiger charge is -2.28. The van der Waals surface area contributed by atoms with Crippen LogP contribution in [0, 0.1) is 5.82 Å². The van der Waals surface area contributed by atoms with E-state index in [2.05, 4.69) is 5.32 Å². The van der Waals surface area contributed by atoms with Gasteiger partial charge in [0.25, 0.3) is 0 Å². The number of rotatable bonds is 9. The average molecular weight is 317 g/mol. The smallest absolute Gasteiger partial charge is 0.303 e. The summed E-state index contributed by atoms with van der Waals surface area (Å²) in [7, 11) is -2.20. The van der Waals surface area contributed by atoms with E-state index in [1.165, 1.54) is 23.5 Å². The fourth-order valence-electron chi connectivity index (χ4n) is 2.00. The molecule has 0 bridgehead atoms. The second kappa shape index (κ2) is 8.31. The van der Waals surface area contributed by atoms with Crippen LogP contribution in [0.4, 0.5) is 10.1 Å². The summed E-state index contributed by atoms with van der Waals surface area (Å²) in [4.78, 5) is 0. The van der Waals surface area contributed by atoms with E-state index in [-0.39, 0.29) is 12.2 Å². The minimum absolute atomic E-state index is 0.0820. The van der Waals surface area contributed by atoms with Crippen molar-refractivity contribution < 1.29 is 12.8 Å². The highest BCUT2D eigenvalue weighted by Gasteiger charge is 2.27. The third-order valence-corrected chi connectivity index (χ3v) is 5.14. The zero-order valence-corrected chi connectivity index (χ0v) is 13.7. The van der Waals surface area contributed by atoms with Crippen molar-refractivity contribution in [2.24, 2.45) is 0 Å². The van der Waals surface area contributed by atoms with Crippen molar-refractivity contribution in [3.05, 3.63) is 30.1 Å². The van der Waals surface area contributed by atoms with Crippen LogP contribution in [-0.2, 0) is 10.2 Å². The van der Waals surface area contributed by atoms with Gasteiger partial charge in [-0.25, -0.2) is 4.39 Å². The predicted molar refractivity (Wildman–Crippen MR) is 84.1 cm³/mol. The summed E-state index contributed by atoms with van der Waals surface area (Å²) >= 11 is 0. The molecule has 1 aromatic rings. The molecule has 0 aliphatic heterocycles. The van der Waals surface area contributed by atoms with Gasteiger partial charge < -0.3 is 5.32 Å². The lowest BCUT2D eigenvalue weighted by Crippen LogP contribution is -2.43. The zero-order valence-electron chi connectivity index (χ0n) is 12.8. The fourth-order valence-corrected chi connectivity index (χ4v) is 3.42. The van der Waals surface area contributed by atoms with E-state index in [0.29, 0.717) is 13.0 Å². The summed E-state index contributed by atoms with van der Waals surface area (Å²) in [6.45, 7) is 5.87. The van der Waals surface area contributed by atoms with Gasteiger partial charge >= 0.3 is 10.2 Å². The molecule has 0 amide bonds. The molecule has 0 saturated carbocycles. The minimum atomic E-state index is -3.71. The molecule has 5 nitrogen and oxygen atoms in total. The summed E-state index contributed by atoms with van der Waals surface area (Å²) in [5.74, 6) is -0.538. The topological polar surface area (TPSA) is 52.7 Å². The van der Waals surface area contributed by atoms with Crippen LogP contribution >= 0.6 is 0 Å². The SMILES string of the molecule is CCNCCCN(C)S(=O)(=O)N(CC)c1ccccc1F. The number of halogens is 1. The van der Waals surface area contributed by atoms with E-state index in [4.69, 9.17) is 0 Å². The molecule has 0 aliphatic carbocycles. The van der Waals surface area contributed by atoms with E-state index >= 15 is 0 Å². The van der Waals surface area contributed by atoms with E-state index in [0.717, 1.165) is 17.4 Å². The van der Waals surface area contributed by atoms with Crippen molar-refractivity contribution in [1.82, 2.24) is 9.62 Å². The van der Waals surface area contributed by atoms with Gasteiger partial charge in [-0.05, 0) is 38.6 Å². The fraction of sp³-hybridized carbons (Fsp3) is 0.571. The number of nitrogens with zero attached hydrogens (tertiary/aromatic N) is 2. The number of hydrogen-bond donors (Lipinski definition) is 1. The van der Waals surface area contributed by atoms with Crippen molar-refractivity contribution >= 4 is 15.9 Å². The molecule has 1 rings (SSSR count). The van der Waals surface area contributed by atoms with Gasteiger partial charge in [0.15, 0.2) is 0 Å². The van der Waals surface area contributed by atoms with Crippen molar-refractivity contribution in [2.75, 3.05) is 37.5 Å². The average Bonchev–Trinajstić information content (AvgIpc) is 2.46. The molecule has 0 saturated heterocycles. The Morgan fingerprint density at radius 3 is 2.48 bits per heavy atom. The van der Waals surface area contributed by atoms with Crippen LogP contribution < -0.4 is 9.62 Å². The number of anilines is 1. The van der Waals surface area contributed by atoms with E-state index in [1.807, 2.05) is 6.92 Å². The van der Waals surface area contributed by atoms with Gasteiger partial charge in [0.1, 0.15) is 5.82 Å². The second-order valence-corrected chi connectivity index (χ2v) is 6.61. The Hall–Kier alpha value is -1.18. The van der Waals surface area contributed by atoms with Crippen LogP contribution in [0.2, 0.25) is 0 Å². The normalized spacial score (nSPS) is 11.9. The predicted octanol–water partition coefficient (Wildman–Crippen LogP) is 1.83. The van der Waals surface area contributed by atoms with Gasteiger partial charge in [0, 0.05) is 20.1 Å².